The quantitative estimate of drug-likeness (QED) is 0.174. The van der Waals surface area contributed by atoms with E-state index in [1.807, 2.05) is 56.7 Å². The number of carbonyl (C=O) groups is 2. The number of Topliss-reactive ketones (excluding diaryl/α,β-unsaturated/α-hetero) is 2. The van der Waals surface area contributed by atoms with E-state index in [0.717, 1.165) is 43.7 Å². The molecule has 3 N–H and O–H groups in total. The van der Waals surface area contributed by atoms with Crippen molar-refractivity contribution in [1.29, 1.82) is 0 Å². The van der Waals surface area contributed by atoms with Gasteiger partial charge in [0.1, 0.15) is 0 Å². The Hall–Kier alpha value is -3.20. The number of imidazole rings is 1. The molecule has 0 unspecified atom stereocenters. The molecular weight excluding hydrogens is 484 g/mol. The summed E-state index contributed by atoms with van der Waals surface area (Å²) in [5.74, 6) is -0.971. The van der Waals surface area contributed by atoms with Crippen molar-refractivity contribution < 1.29 is 9.59 Å². The summed E-state index contributed by atoms with van der Waals surface area (Å²) in [5.41, 5.74) is 2.78. The molecule has 1 aliphatic heterocycles. The van der Waals surface area contributed by atoms with Crippen molar-refractivity contribution in [3.63, 3.8) is 0 Å². The molecule has 0 amide bonds. The molecule has 0 bridgehead atoms. The standard InChI is InChI=1S/C24H25N3O3.C3H6.C2H6.H3NS/c1-17-15-27(24(30)25-17)21-11-13-26(14-12-21)16-18-7-9-20(10-8-18)23(29)22(28)19-5-3-2-4-6-19;1-3-2;2*1-2/h2-10,15,21H,11-14,16H2,1H3,(H,25,30);3H,1H2,2H3;1-2H3;2H,1H2. The molecule has 0 saturated carbocycles. The van der Waals surface area contributed by atoms with Crippen molar-refractivity contribution in [2.45, 2.75) is 53.1 Å². The maximum Gasteiger partial charge on any atom is 0.325 e. The maximum atomic E-state index is 12.5. The molecular formula is C29H40N4O3S. The van der Waals surface area contributed by atoms with Crippen molar-refractivity contribution in [1.82, 2.24) is 14.5 Å². The first-order valence-corrected chi connectivity index (χ1v) is 13.0. The van der Waals surface area contributed by atoms with Gasteiger partial charge in [0.15, 0.2) is 0 Å². The van der Waals surface area contributed by atoms with Crippen LogP contribution < -0.4 is 10.8 Å². The number of ketones is 2. The van der Waals surface area contributed by atoms with Crippen molar-refractivity contribution >= 4 is 24.4 Å². The number of likely N-dealkylation sites (tertiary alicyclic amines) is 1. The van der Waals surface area contributed by atoms with Crippen molar-refractivity contribution in [2.24, 2.45) is 5.14 Å². The van der Waals surface area contributed by atoms with Crippen LogP contribution in [0.1, 0.15) is 71.6 Å². The van der Waals surface area contributed by atoms with Gasteiger partial charge in [-0.05, 0) is 32.3 Å². The number of rotatable bonds is 6. The van der Waals surface area contributed by atoms with Gasteiger partial charge >= 0.3 is 5.69 Å². The van der Waals surface area contributed by atoms with Gasteiger partial charge in [-0.25, -0.2) is 4.79 Å². The second kappa shape index (κ2) is 17.3. The number of allylic oxidation sites excluding steroid dienone is 1. The zero-order valence-electron chi connectivity index (χ0n) is 22.3. The van der Waals surface area contributed by atoms with Crippen LogP contribution in [0, 0.1) is 6.92 Å². The molecule has 2 aromatic carbocycles. The second-order valence-corrected chi connectivity index (χ2v) is 8.29. The van der Waals surface area contributed by atoms with Crippen LogP contribution in [0.25, 0.3) is 0 Å². The van der Waals surface area contributed by atoms with Crippen LogP contribution in [0.5, 0.6) is 0 Å². The SMILES string of the molecule is C=CC.CC.Cc1cn(C2CCN(Cc3ccc(C(=O)C(=O)c4ccccc4)cc3)CC2)c(=O)[nH]1.NS. The zero-order chi connectivity index (χ0) is 27.8. The second-order valence-electron chi connectivity index (χ2n) is 8.29. The molecule has 1 saturated heterocycles. The average Bonchev–Trinajstić information content (AvgIpc) is 3.29. The number of carbonyl (C=O) groups excluding carboxylic acids is 2. The number of hydrogen-bond acceptors (Lipinski definition) is 6. The van der Waals surface area contributed by atoms with Crippen LogP contribution in [0.2, 0.25) is 0 Å². The Morgan fingerprint density at radius 2 is 1.49 bits per heavy atom. The van der Waals surface area contributed by atoms with E-state index in [9.17, 15) is 14.4 Å². The summed E-state index contributed by atoms with van der Waals surface area (Å²) in [5, 5.41) is 4.19. The van der Waals surface area contributed by atoms with Gasteiger partial charge in [0, 0.05) is 48.7 Å². The van der Waals surface area contributed by atoms with E-state index in [0.29, 0.717) is 11.1 Å². The molecule has 2 heterocycles. The molecule has 1 fully saturated rings. The molecule has 8 heteroatoms. The smallest absolute Gasteiger partial charge is 0.310 e. The number of thiol groups is 1. The molecule has 0 atom stereocenters. The highest BCUT2D eigenvalue weighted by Crippen LogP contribution is 2.23. The van der Waals surface area contributed by atoms with Crippen molar-refractivity contribution in [2.75, 3.05) is 13.1 Å². The molecule has 4 rings (SSSR count). The third-order valence-corrected chi connectivity index (χ3v) is 5.69. The highest BCUT2D eigenvalue weighted by atomic mass is 32.1. The van der Waals surface area contributed by atoms with Gasteiger partial charge < -0.3 is 4.98 Å². The lowest BCUT2D eigenvalue weighted by Gasteiger charge is -2.32. The Morgan fingerprint density at radius 1 is 1.00 bits per heavy atom. The molecule has 0 aliphatic carbocycles. The van der Waals surface area contributed by atoms with Crippen LogP contribution in [-0.4, -0.2) is 39.1 Å². The van der Waals surface area contributed by atoms with Crippen molar-refractivity contribution in [3.05, 3.63) is 106 Å². The van der Waals surface area contributed by atoms with Crippen LogP contribution in [0.15, 0.2) is 78.2 Å². The lowest BCUT2D eigenvalue weighted by Crippen LogP contribution is -2.36. The topological polar surface area (TPSA) is 101 Å². The average molecular weight is 525 g/mol. The van der Waals surface area contributed by atoms with Crippen LogP contribution in [-0.2, 0) is 6.54 Å². The number of aryl methyl sites for hydroxylation is 1. The lowest BCUT2D eigenvalue weighted by atomic mass is 10.00. The monoisotopic (exact) mass is 524 g/mol. The van der Waals surface area contributed by atoms with E-state index in [2.05, 4.69) is 34.4 Å². The van der Waals surface area contributed by atoms with E-state index in [-0.39, 0.29) is 11.7 Å². The van der Waals surface area contributed by atoms with E-state index in [1.165, 1.54) is 0 Å². The van der Waals surface area contributed by atoms with Gasteiger partial charge in [-0.3, -0.25) is 24.2 Å². The molecule has 0 radical (unpaired) electrons. The number of aromatic amines is 1. The summed E-state index contributed by atoms with van der Waals surface area (Å²) in [4.78, 5) is 42.0. The van der Waals surface area contributed by atoms with E-state index < -0.39 is 11.6 Å². The van der Waals surface area contributed by atoms with Gasteiger partial charge in [0.25, 0.3) is 0 Å². The Bertz CT molecular complexity index is 1150. The normalized spacial score (nSPS) is 13.0. The fourth-order valence-corrected chi connectivity index (χ4v) is 4.03. The number of piperidine rings is 1. The Labute approximate surface area is 225 Å². The van der Waals surface area contributed by atoms with E-state index in [4.69, 9.17) is 0 Å². The number of aromatic nitrogens is 2. The molecule has 3 aromatic rings. The maximum absolute atomic E-state index is 12.5. The molecule has 1 aromatic heterocycles. The summed E-state index contributed by atoms with van der Waals surface area (Å²) < 4.78 is 1.82. The Morgan fingerprint density at radius 3 is 1.95 bits per heavy atom. The highest BCUT2D eigenvalue weighted by Gasteiger charge is 2.22. The first-order chi connectivity index (χ1) is 17.9. The Balaban J connectivity index is 0.000000894. The number of nitrogens with two attached hydrogens (primary N) is 1. The summed E-state index contributed by atoms with van der Waals surface area (Å²) >= 11 is 3.03. The third kappa shape index (κ3) is 9.64. The van der Waals surface area contributed by atoms with Gasteiger partial charge in [0.2, 0.25) is 11.6 Å². The highest BCUT2D eigenvalue weighted by molar-refractivity contribution is 7.77. The number of H-pyrrole nitrogens is 1. The fraction of sp³-hybridized carbons (Fsp3) is 0.345. The van der Waals surface area contributed by atoms with Gasteiger partial charge in [-0.1, -0.05) is 74.5 Å². The predicted octanol–water partition coefficient (Wildman–Crippen LogP) is 5.40. The number of nitrogens with one attached hydrogen (secondary N) is 1. The van der Waals surface area contributed by atoms with Crippen molar-refractivity contribution in [3.8, 4) is 0 Å². The van der Waals surface area contributed by atoms with Crippen LogP contribution in [0.3, 0.4) is 0 Å². The first kappa shape index (κ1) is 31.8. The number of nitrogens with zero attached hydrogens (tertiary/aromatic N) is 2. The molecule has 1 aliphatic rings. The van der Waals surface area contributed by atoms with Gasteiger partial charge in [-0.2, -0.15) is 0 Å². The minimum atomic E-state index is -0.486. The van der Waals surface area contributed by atoms with E-state index in [1.54, 1.807) is 42.5 Å². The minimum absolute atomic E-state index is 0.0312. The summed E-state index contributed by atoms with van der Waals surface area (Å²) in [6.07, 6.45) is 5.51. The summed E-state index contributed by atoms with van der Waals surface area (Å²) in [7, 11) is 0. The molecule has 7 nitrogen and oxygen atoms in total. The minimum Gasteiger partial charge on any atom is -0.310 e. The fourth-order valence-electron chi connectivity index (χ4n) is 4.03. The van der Waals surface area contributed by atoms with Gasteiger partial charge in [-0.15, -0.1) is 19.4 Å². The molecule has 200 valence electrons. The number of hydrogen-bond donors (Lipinski definition) is 3. The van der Waals surface area contributed by atoms with Crippen LogP contribution >= 0.6 is 12.8 Å². The van der Waals surface area contributed by atoms with Gasteiger partial charge in [0.05, 0.1) is 0 Å². The predicted molar refractivity (Wildman–Crippen MR) is 155 cm³/mol. The van der Waals surface area contributed by atoms with Crippen LogP contribution in [0.4, 0.5) is 0 Å². The largest absolute Gasteiger partial charge is 0.325 e. The lowest BCUT2D eigenvalue weighted by molar-refractivity contribution is 0.0817. The molecule has 37 heavy (non-hydrogen) atoms. The Kier molecular flexibility index (Phi) is 14.9. The summed E-state index contributed by atoms with van der Waals surface area (Å²) in [6.45, 7) is 13.8. The first-order valence-electron chi connectivity index (χ1n) is 12.5. The number of benzene rings is 2. The zero-order valence-corrected chi connectivity index (χ0v) is 23.2. The summed E-state index contributed by atoms with van der Waals surface area (Å²) in [6, 6.07) is 16.2. The molecule has 0 spiro atoms. The van der Waals surface area contributed by atoms with E-state index >= 15 is 0 Å². The third-order valence-electron chi connectivity index (χ3n) is 5.69.